The highest BCUT2D eigenvalue weighted by molar-refractivity contribution is 6.01. The lowest BCUT2D eigenvalue weighted by Crippen LogP contribution is -2.58. The van der Waals surface area contributed by atoms with Crippen LogP contribution in [0.1, 0.15) is 48.0 Å². The number of nitrogens with one attached hydrogen (secondary N) is 1. The van der Waals surface area contributed by atoms with E-state index < -0.39 is 6.04 Å². The zero-order valence-corrected chi connectivity index (χ0v) is 16.5. The van der Waals surface area contributed by atoms with Crippen LogP contribution in [0.4, 0.5) is 0 Å². The van der Waals surface area contributed by atoms with Crippen LogP contribution < -0.4 is 10.1 Å². The topological polar surface area (TPSA) is 82.1 Å². The number of amides is 2. The summed E-state index contributed by atoms with van der Waals surface area (Å²) >= 11 is 0. The summed E-state index contributed by atoms with van der Waals surface area (Å²) in [7, 11) is 0. The van der Waals surface area contributed by atoms with Crippen molar-refractivity contribution in [3.05, 3.63) is 41.6 Å². The molecule has 0 bridgehead atoms. The minimum absolute atomic E-state index is 0.0903. The van der Waals surface area contributed by atoms with Crippen molar-refractivity contribution in [2.75, 3.05) is 13.1 Å². The molecule has 1 aromatic rings. The van der Waals surface area contributed by atoms with Crippen LogP contribution in [0.25, 0.3) is 0 Å². The third-order valence-electron chi connectivity index (χ3n) is 6.67. The minimum Gasteiger partial charge on any atom is -0.489 e. The van der Waals surface area contributed by atoms with Crippen molar-refractivity contribution in [3.63, 3.8) is 0 Å². The standard InChI is InChI=1S/C22H27N3O4/c1-13-5-8-19(21(27)23-13)25-10-14-9-16(6-7-17(14)22(25)28)29-20-4-2-3-18(20)24-11-15(26)12-24/h6-7,9,15,18-20,26H,1-5,8,10-12H2,(H,23,27). The van der Waals surface area contributed by atoms with Crippen molar-refractivity contribution in [2.45, 2.75) is 62.9 Å². The number of aliphatic hydroxyl groups excluding tert-OH is 1. The molecule has 7 heteroatoms. The number of aliphatic hydroxyl groups is 1. The Morgan fingerprint density at radius 2 is 2.00 bits per heavy atom. The maximum absolute atomic E-state index is 12.8. The minimum atomic E-state index is -0.443. The molecule has 2 N–H and O–H groups in total. The zero-order chi connectivity index (χ0) is 20.1. The van der Waals surface area contributed by atoms with Gasteiger partial charge >= 0.3 is 0 Å². The van der Waals surface area contributed by atoms with Gasteiger partial charge in [0.2, 0.25) is 5.91 Å². The first-order valence-electron chi connectivity index (χ1n) is 10.5. The Bertz CT molecular complexity index is 864. The maximum atomic E-state index is 12.8. The molecule has 7 nitrogen and oxygen atoms in total. The number of carbonyl (C=O) groups excluding carboxylic acids is 2. The number of benzene rings is 1. The molecule has 0 spiro atoms. The lowest BCUT2D eigenvalue weighted by molar-refractivity contribution is -0.126. The highest BCUT2D eigenvalue weighted by Crippen LogP contribution is 2.34. The molecular weight excluding hydrogens is 370 g/mol. The number of fused-ring (bicyclic) bond motifs is 1. The summed E-state index contributed by atoms with van der Waals surface area (Å²) in [6, 6.07) is 5.55. The van der Waals surface area contributed by atoms with Crippen LogP contribution in [0.2, 0.25) is 0 Å². The van der Waals surface area contributed by atoms with Crippen LogP contribution in [-0.4, -0.2) is 64.1 Å². The van der Waals surface area contributed by atoms with E-state index in [1.165, 1.54) is 0 Å². The van der Waals surface area contributed by atoms with E-state index in [0.29, 0.717) is 36.7 Å². The SMILES string of the molecule is C=C1CCC(N2Cc3cc(OC4CCCC4N4CC(O)C4)ccc3C2=O)C(=O)N1. The predicted octanol–water partition coefficient (Wildman–Crippen LogP) is 1.41. The van der Waals surface area contributed by atoms with E-state index in [2.05, 4.69) is 16.8 Å². The third-order valence-corrected chi connectivity index (χ3v) is 6.67. The van der Waals surface area contributed by atoms with Crippen molar-refractivity contribution < 1.29 is 19.4 Å². The fourth-order valence-electron chi connectivity index (χ4n) is 5.10. The number of nitrogens with zero attached hydrogens (tertiary/aromatic N) is 2. The summed E-state index contributed by atoms with van der Waals surface area (Å²) in [5.41, 5.74) is 2.29. The Morgan fingerprint density at radius 3 is 2.76 bits per heavy atom. The van der Waals surface area contributed by atoms with E-state index in [0.717, 1.165) is 43.7 Å². The summed E-state index contributed by atoms with van der Waals surface area (Å²) in [6.07, 6.45) is 4.44. The second-order valence-electron chi connectivity index (χ2n) is 8.66. The summed E-state index contributed by atoms with van der Waals surface area (Å²) in [5, 5.41) is 12.4. The van der Waals surface area contributed by atoms with Crippen LogP contribution in [0.5, 0.6) is 5.75 Å². The summed E-state index contributed by atoms with van der Waals surface area (Å²) in [5.74, 6) is 0.537. The van der Waals surface area contributed by atoms with E-state index >= 15 is 0 Å². The van der Waals surface area contributed by atoms with E-state index in [9.17, 15) is 14.7 Å². The van der Waals surface area contributed by atoms with Gasteiger partial charge in [-0.3, -0.25) is 14.5 Å². The van der Waals surface area contributed by atoms with Gasteiger partial charge in [0.1, 0.15) is 17.9 Å². The molecule has 1 aliphatic carbocycles. The molecule has 1 aromatic carbocycles. The first-order chi connectivity index (χ1) is 14.0. The number of carbonyl (C=O) groups is 2. The van der Waals surface area contributed by atoms with Gasteiger partial charge < -0.3 is 20.1 Å². The van der Waals surface area contributed by atoms with Gasteiger partial charge in [0.05, 0.1) is 6.10 Å². The van der Waals surface area contributed by atoms with Crippen LogP contribution in [0, 0.1) is 0 Å². The summed E-state index contributed by atoms with van der Waals surface area (Å²) in [6.45, 7) is 5.70. The molecule has 5 rings (SSSR count). The number of allylic oxidation sites excluding steroid dienone is 1. The summed E-state index contributed by atoms with van der Waals surface area (Å²) < 4.78 is 6.31. The Morgan fingerprint density at radius 1 is 1.17 bits per heavy atom. The first-order valence-corrected chi connectivity index (χ1v) is 10.5. The fourth-order valence-corrected chi connectivity index (χ4v) is 5.10. The molecule has 154 valence electrons. The molecule has 4 aliphatic rings. The van der Waals surface area contributed by atoms with Crippen LogP contribution >= 0.6 is 0 Å². The number of β-amino-alcohol motifs (C(OH)–C–C–N with tert-alkyl or cyclic N) is 1. The first kappa shape index (κ1) is 18.6. The molecule has 2 saturated heterocycles. The Hall–Kier alpha value is -2.38. The average Bonchev–Trinajstić information content (AvgIpc) is 3.24. The number of likely N-dealkylation sites (tertiary alicyclic amines) is 1. The lowest BCUT2D eigenvalue weighted by Gasteiger charge is -2.42. The smallest absolute Gasteiger partial charge is 0.255 e. The van der Waals surface area contributed by atoms with Crippen molar-refractivity contribution in [1.82, 2.24) is 15.1 Å². The van der Waals surface area contributed by atoms with Gasteiger partial charge in [-0.25, -0.2) is 0 Å². The average molecular weight is 397 g/mol. The Balaban J connectivity index is 1.29. The van der Waals surface area contributed by atoms with Gasteiger partial charge in [-0.1, -0.05) is 6.58 Å². The van der Waals surface area contributed by atoms with E-state index in [1.807, 2.05) is 18.2 Å². The molecular formula is C22H27N3O4. The van der Waals surface area contributed by atoms with Gasteiger partial charge in [0.15, 0.2) is 0 Å². The molecule has 0 radical (unpaired) electrons. The number of piperidine rings is 1. The second kappa shape index (κ2) is 7.15. The maximum Gasteiger partial charge on any atom is 0.255 e. The van der Waals surface area contributed by atoms with E-state index in [-0.39, 0.29) is 24.0 Å². The number of ether oxygens (including phenoxy) is 1. The largest absolute Gasteiger partial charge is 0.489 e. The molecule has 2 amide bonds. The number of rotatable bonds is 4. The highest BCUT2D eigenvalue weighted by atomic mass is 16.5. The zero-order valence-electron chi connectivity index (χ0n) is 16.5. The second-order valence-corrected chi connectivity index (χ2v) is 8.66. The van der Waals surface area contributed by atoms with Crippen molar-refractivity contribution in [2.24, 2.45) is 0 Å². The van der Waals surface area contributed by atoms with Gasteiger partial charge in [-0.15, -0.1) is 0 Å². The molecule has 29 heavy (non-hydrogen) atoms. The van der Waals surface area contributed by atoms with E-state index in [1.54, 1.807) is 4.90 Å². The van der Waals surface area contributed by atoms with Gasteiger partial charge in [0, 0.05) is 36.9 Å². The van der Waals surface area contributed by atoms with Gasteiger partial charge in [0.25, 0.3) is 5.91 Å². The van der Waals surface area contributed by atoms with Crippen LogP contribution in [-0.2, 0) is 11.3 Å². The molecule has 1 saturated carbocycles. The molecule has 0 aromatic heterocycles. The normalized spacial score (nSPS) is 30.3. The van der Waals surface area contributed by atoms with Crippen LogP contribution in [0.15, 0.2) is 30.5 Å². The Labute approximate surface area is 170 Å². The van der Waals surface area contributed by atoms with Crippen LogP contribution in [0.3, 0.4) is 0 Å². The molecule has 3 atom stereocenters. The van der Waals surface area contributed by atoms with Crippen molar-refractivity contribution in [3.8, 4) is 5.75 Å². The quantitative estimate of drug-likeness (QED) is 0.803. The molecule has 3 heterocycles. The van der Waals surface area contributed by atoms with E-state index in [4.69, 9.17) is 4.74 Å². The van der Waals surface area contributed by atoms with Gasteiger partial charge in [-0.05, 0) is 55.9 Å². The number of hydrogen-bond donors (Lipinski definition) is 2. The predicted molar refractivity (Wildman–Crippen MR) is 106 cm³/mol. The fraction of sp³-hybridized carbons (Fsp3) is 0.545. The third kappa shape index (κ3) is 3.32. The number of hydrogen-bond acceptors (Lipinski definition) is 5. The Kier molecular flexibility index (Phi) is 4.59. The van der Waals surface area contributed by atoms with Crippen molar-refractivity contribution >= 4 is 11.8 Å². The van der Waals surface area contributed by atoms with Crippen molar-refractivity contribution in [1.29, 1.82) is 0 Å². The molecule has 3 unspecified atom stereocenters. The lowest BCUT2D eigenvalue weighted by atomic mass is 10.0. The molecule has 3 fully saturated rings. The monoisotopic (exact) mass is 397 g/mol. The van der Waals surface area contributed by atoms with Gasteiger partial charge in [-0.2, -0.15) is 0 Å². The summed E-state index contributed by atoms with van der Waals surface area (Å²) in [4.78, 5) is 29.1. The molecule has 3 aliphatic heterocycles. The highest BCUT2D eigenvalue weighted by Gasteiger charge is 2.40.